The van der Waals surface area contributed by atoms with Gasteiger partial charge in [-0.05, 0) is 0 Å². The second-order valence-corrected chi connectivity index (χ2v) is 3.55. The van der Waals surface area contributed by atoms with Gasteiger partial charge in [-0.15, -0.1) is 0 Å². The largest absolute Gasteiger partial charge is 0.496 e. The molecule has 2 N–H and O–H groups in total. The molecule has 104 valence electrons. The molecule has 1 aromatic carbocycles. The van der Waals surface area contributed by atoms with E-state index < -0.39 is 5.97 Å². The molecule has 19 heavy (non-hydrogen) atoms. The van der Waals surface area contributed by atoms with Gasteiger partial charge >= 0.3 is 5.97 Å². The van der Waals surface area contributed by atoms with Crippen LogP contribution in [0.4, 0.5) is 5.69 Å². The SMILES string of the molecule is C=Cc1c(OC)cc(OC)c(NCC(=O)O)c1OC. The minimum Gasteiger partial charge on any atom is -0.496 e. The van der Waals surface area contributed by atoms with Crippen LogP contribution < -0.4 is 19.5 Å². The maximum absolute atomic E-state index is 10.7. The van der Waals surface area contributed by atoms with Crippen molar-refractivity contribution >= 4 is 17.7 Å². The van der Waals surface area contributed by atoms with Gasteiger partial charge in [0, 0.05) is 6.07 Å². The van der Waals surface area contributed by atoms with Gasteiger partial charge < -0.3 is 24.6 Å². The van der Waals surface area contributed by atoms with Gasteiger partial charge in [-0.3, -0.25) is 4.79 Å². The number of anilines is 1. The van der Waals surface area contributed by atoms with E-state index in [0.717, 1.165) is 0 Å². The number of carbonyl (C=O) groups is 1. The fourth-order valence-corrected chi connectivity index (χ4v) is 1.69. The van der Waals surface area contributed by atoms with Crippen molar-refractivity contribution in [1.29, 1.82) is 0 Å². The van der Waals surface area contributed by atoms with E-state index in [2.05, 4.69) is 11.9 Å². The first-order chi connectivity index (χ1) is 9.08. The zero-order chi connectivity index (χ0) is 14.4. The summed E-state index contributed by atoms with van der Waals surface area (Å²) in [7, 11) is 4.48. The number of rotatable bonds is 7. The van der Waals surface area contributed by atoms with Crippen LogP contribution >= 0.6 is 0 Å². The molecule has 0 spiro atoms. The van der Waals surface area contributed by atoms with E-state index in [1.807, 2.05) is 0 Å². The van der Waals surface area contributed by atoms with Crippen molar-refractivity contribution in [1.82, 2.24) is 0 Å². The summed E-state index contributed by atoms with van der Waals surface area (Å²) in [6.45, 7) is 3.44. The minimum absolute atomic E-state index is 0.254. The van der Waals surface area contributed by atoms with Gasteiger partial charge in [0.15, 0.2) is 5.75 Å². The summed E-state index contributed by atoms with van der Waals surface area (Å²) in [5, 5.41) is 11.5. The van der Waals surface area contributed by atoms with E-state index in [-0.39, 0.29) is 6.54 Å². The fraction of sp³-hybridized carbons (Fsp3) is 0.308. The Morgan fingerprint density at radius 1 is 1.32 bits per heavy atom. The van der Waals surface area contributed by atoms with Crippen molar-refractivity contribution in [3.05, 3.63) is 18.2 Å². The summed E-state index contributed by atoms with van der Waals surface area (Å²) >= 11 is 0. The summed E-state index contributed by atoms with van der Waals surface area (Å²) < 4.78 is 15.7. The van der Waals surface area contributed by atoms with Gasteiger partial charge in [0.25, 0.3) is 0 Å². The van der Waals surface area contributed by atoms with Crippen molar-refractivity contribution in [2.24, 2.45) is 0 Å². The molecule has 0 amide bonds. The molecule has 0 radical (unpaired) electrons. The summed E-state index contributed by atoms with van der Waals surface area (Å²) in [5.74, 6) is 0.401. The molecule has 6 nitrogen and oxygen atoms in total. The number of hydrogen-bond donors (Lipinski definition) is 2. The van der Waals surface area contributed by atoms with Crippen LogP contribution in [-0.4, -0.2) is 38.9 Å². The molecule has 0 saturated heterocycles. The fourth-order valence-electron chi connectivity index (χ4n) is 1.69. The molecule has 0 bridgehead atoms. The summed E-state index contributed by atoms with van der Waals surface area (Å²) in [4.78, 5) is 10.7. The topological polar surface area (TPSA) is 77.0 Å². The first-order valence-corrected chi connectivity index (χ1v) is 5.50. The van der Waals surface area contributed by atoms with Crippen molar-refractivity contribution in [3.8, 4) is 17.2 Å². The number of methoxy groups -OCH3 is 3. The molecule has 0 heterocycles. The van der Waals surface area contributed by atoms with Crippen LogP contribution in [0.25, 0.3) is 6.08 Å². The number of hydrogen-bond acceptors (Lipinski definition) is 5. The Morgan fingerprint density at radius 3 is 2.37 bits per heavy atom. The third-order valence-corrected chi connectivity index (χ3v) is 2.51. The quantitative estimate of drug-likeness (QED) is 0.785. The number of benzene rings is 1. The van der Waals surface area contributed by atoms with E-state index in [9.17, 15) is 4.79 Å². The Labute approximate surface area is 111 Å². The third-order valence-electron chi connectivity index (χ3n) is 2.51. The first-order valence-electron chi connectivity index (χ1n) is 5.50. The summed E-state index contributed by atoms with van der Waals surface area (Å²) in [6, 6.07) is 1.64. The van der Waals surface area contributed by atoms with E-state index in [0.29, 0.717) is 28.5 Å². The molecule has 0 fully saturated rings. The zero-order valence-corrected chi connectivity index (χ0v) is 11.1. The van der Waals surface area contributed by atoms with Crippen LogP contribution in [0.2, 0.25) is 0 Å². The highest BCUT2D eigenvalue weighted by Gasteiger charge is 2.19. The van der Waals surface area contributed by atoms with Gasteiger partial charge in [0.05, 0.1) is 26.9 Å². The van der Waals surface area contributed by atoms with E-state index in [1.165, 1.54) is 21.3 Å². The molecule has 0 aliphatic heterocycles. The normalized spacial score (nSPS) is 9.63. The molecular formula is C13H17NO5. The number of aliphatic carboxylic acids is 1. The van der Waals surface area contributed by atoms with Gasteiger partial charge in [-0.2, -0.15) is 0 Å². The Balaban J connectivity index is 3.39. The van der Waals surface area contributed by atoms with Crippen molar-refractivity contribution in [2.45, 2.75) is 0 Å². The molecule has 1 rings (SSSR count). The van der Waals surface area contributed by atoms with Crippen LogP contribution in [0.3, 0.4) is 0 Å². The van der Waals surface area contributed by atoms with Crippen LogP contribution in [-0.2, 0) is 4.79 Å². The third kappa shape index (κ3) is 3.09. The standard InChI is InChI=1S/C13H17NO5/c1-5-8-9(17-2)6-10(18-3)12(13(8)19-4)14-7-11(15)16/h5-6,14H,1,7H2,2-4H3,(H,15,16). The molecule has 0 saturated carbocycles. The maximum Gasteiger partial charge on any atom is 0.322 e. The zero-order valence-electron chi connectivity index (χ0n) is 11.1. The predicted molar refractivity (Wildman–Crippen MR) is 72.3 cm³/mol. The van der Waals surface area contributed by atoms with E-state index >= 15 is 0 Å². The average molecular weight is 267 g/mol. The lowest BCUT2D eigenvalue weighted by Crippen LogP contribution is -2.14. The lowest BCUT2D eigenvalue weighted by Gasteiger charge is -2.18. The summed E-state index contributed by atoms with van der Waals surface area (Å²) in [5.41, 5.74) is 1.07. The van der Waals surface area contributed by atoms with Gasteiger partial charge in [0.1, 0.15) is 23.7 Å². The van der Waals surface area contributed by atoms with Crippen LogP contribution in [0.5, 0.6) is 17.2 Å². The predicted octanol–water partition coefficient (Wildman–Crippen LogP) is 1.85. The Hall–Kier alpha value is -2.37. The van der Waals surface area contributed by atoms with Crippen molar-refractivity contribution < 1.29 is 24.1 Å². The lowest BCUT2D eigenvalue weighted by atomic mass is 10.1. The van der Waals surface area contributed by atoms with Gasteiger partial charge in [-0.1, -0.05) is 12.7 Å². The number of carboxylic acids is 1. The van der Waals surface area contributed by atoms with Crippen LogP contribution in [0, 0.1) is 0 Å². The molecule has 0 unspecified atom stereocenters. The maximum atomic E-state index is 10.7. The second-order valence-electron chi connectivity index (χ2n) is 3.55. The minimum atomic E-state index is -0.986. The summed E-state index contributed by atoms with van der Waals surface area (Å²) in [6.07, 6.45) is 1.57. The highest BCUT2D eigenvalue weighted by molar-refractivity contribution is 5.82. The lowest BCUT2D eigenvalue weighted by molar-refractivity contribution is -0.134. The highest BCUT2D eigenvalue weighted by atomic mass is 16.5. The van der Waals surface area contributed by atoms with Gasteiger partial charge in [0.2, 0.25) is 0 Å². The van der Waals surface area contributed by atoms with Gasteiger partial charge in [-0.25, -0.2) is 0 Å². The molecule has 0 aromatic heterocycles. The molecule has 0 atom stereocenters. The van der Waals surface area contributed by atoms with Crippen LogP contribution in [0.1, 0.15) is 5.56 Å². The highest BCUT2D eigenvalue weighted by Crippen LogP contribution is 2.43. The van der Waals surface area contributed by atoms with Crippen molar-refractivity contribution in [3.63, 3.8) is 0 Å². The van der Waals surface area contributed by atoms with E-state index in [4.69, 9.17) is 19.3 Å². The van der Waals surface area contributed by atoms with Crippen LogP contribution in [0.15, 0.2) is 12.6 Å². The number of nitrogens with one attached hydrogen (secondary N) is 1. The smallest absolute Gasteiger partial charge is 0.322 e. The Morgan fingerprint density at radius 2 is 1.95 bits per heavy atom. The van der Waals surface area contributed by atoms with E-state index in [1.54, 1.807) is 12.1 Å². The molecule has 0 aliphatic carbocycles. The Bertz CT molecular complexity index is 484. The molecule has 0 aliphatic rings. The average Bonchev–Trinajstić information content (AvgIpc) is 2.42. The van der Waals surface area contributed by atoms with Crippen molar-refractivity contribution in [2.75, 3.05) is 33.2 Å². The first kappa shape index (κ1) is 14.7. The Kier molecular flexibility index (Phi) is 5.05. The molecule has 1 aromatic rings. The molecule has 6 heteroatoms. The molecular weight excluding hydrogens is 250 g/mol. The second kappa shape index (κ2) is 6.53. The monoisotopic (exact) mass is 267 g/mol. The number of ether oxygens (including phenoxy) is 3. The number of carboxylic acid groups (broad SMARTS) is 1.